The summed E-state index contributed by atoms with van der Waals surface area (Å²) in [6.45, 7) is -0.190. The minimum atomic E-state index is -4.41. The van der Waals surface area contributed by atoms with Gasteiger partial charge in [0.15, 0.2) is 12.0 Å². The summed E-state index contributed by atoms with van der Waals surface area (Å²) >= 11 is 12.7. The van der Waals surface area contributed by atoms with Crippen molar-refractivity contribution in [3.63, 3.8) is 0 Å². The summed E-state index contributed by atoms with van der Waals surface area (Å²) in [4.78, 5) is 25.7. The fraction of sp³-hybridized carbons (Fsp3) is 0.680. The first-order valence-electron chi connectivity index (χ1n) is 12.7. The van der Waals surface area contributed by atoms with Crippen LogP contribution in [0.1, 0.15) is 57.8 Å². The summed E-state index contributed by atoms with van der Waals surface area (Å²) in [5.74, 6) is -0.137. The van der Waals surface area contributed by atoms with E-state index < -0.39 is 33.9 Å². The second-order valence-corrected chi connectivity index (χ2v) is 13.0. The van der Waals surface area contributed by atoms with Crippen LogP contribution >= 0.6 is 35.0 Å². The molecule has 204 valence electrons. The molecule has 1 heterocycles. The molecule has 5 fully saturated rings. The van der Waals surface area contributed by atoms with E-state index in [2.05, 4.69) is 16.0 Å². The van der Waals surface area contributed by atoms with Gasteiger partial charge < -0.3 is 15.4 Å². The lowest BCUT2D eigenvalue weighted by atomic mass is 9.44. The lowest BCUT2D eigenvalue weighted by molar-refractivity contribution is -0.152. The SMILES string of the molecule is O=C(COc1ccc(Cl)c(Cl)c1)NC12CC(NC(=O)C3NC(C(F)(F)F)SC3C3CCCCCC3)(C1)C2. The fourth-order valence-electron chi connectivity index (χ4n) is 6.39. The van der Waals surface area contributed by atoms with Crippen LogP contribution in [0.4, 0.5) is 13.2 Å². The van der Waals surface area contributed by atoms with E-state index in [9.17, 15) is 22.8 Å². The Balaban J connectivity index is 1.13. The lowest BCUT2D eigenvalue weighted by Gasteiger charge is -2.70. The number of ether oxygens (including phenoxy) is 1. The summed E-state index contributed by atoms with van der Waals surface area (Å²) in [5, 5.41) is 7.19. The van der Waals surface area contributed by atoms with Crippen molar-refractivity contribution in [2.24, 2.45) is 5.92 Å². The number of rotatable bonds is 7. The van der Waals surface area contributed by atoms with E-state index in [-0.39, 0.29) is 24.3 Å². The molecule has 1 aromatic carbocycles. The summed E-state index contributed by atoms with van der Waals surface area (Å²) in [6.07, 6.45) is 3.15. The van der Waals surface area contributed by atoms with Crippen molar-refractivity contribution in [1.82, 2.24) is 16.0 Å². The normalized spacial score (nSPS) is 33.6. The molecular weight excluding hydrogens is 550 g/mol. The number of nitrogens with one attached hydrogen (secondary N) is 3. The maximum Gasteiger partial charge on any atom is 0.413 e. The zero-order chi connectivity index (χ0) is 26.4. The van der Waals surface area contributed by atoms with Crippen LogP contribution in [-0.2, 0) is 9.59 Å². The first-order valence-corrected chi connectivity index (χ1v) is 14.4. The third kappa shape index (κ3) is 5.82. The minimum absolute atomic E-state index is 0.0947. The first-order chi connectivity index (χ1) is 17.5. The molecule has 6 rings (SSSR count). The van der Waals surface area contributed by atoms with Gasteiger partial charge in [-0.3, -0.25) is 14.9 Å². The van der Waals surface area contributed by atoms with E-state index in [0.29, 0.717) is 35.1 Å². The Bertz CT molecular complexity index is 1030. The van der Waals surface area contributed by atoms with Gasteiger partial charge in [-0.1, -0.05) is 48.9 Å². The van der Waals surface area contributed by atoms with E-state index in [4.69, 9.17) is 27.9 Å². The average molecular weight is 580 g/mol. The van der Waals surface area contributed by atoms with Crippen LogP contribution in [0.25, 0.3) is 0 Å². The molecule has 2 amide bonds. The van der Waals surface area contributed by atoms with Gasteiger partial charge in [0.2, 0.25) is 5.91 Å². The maximum atomic E-state index is 13.5. The van der Waals surface area contributed by atoms with E-state index in [1.165, 1.54) is 6.07 Å². The Kier molecular flexibility index (Phi) is 7.59. The van der Waals surface area contributed by atoms with Crippen LogP contribution in [0.5, 0.6) is 5.75 Å². The second-order valence-electron chi connectivity index (χ2n) is 10.9. The zero-order valence-electron chi connectivity index (χ0n) is 20.1. The van der Waals surface area contributed by atoms with E-state index in [1.807, 2.05) is 0 Å². The van der Waals surface area contributed by atoms with E-state index >= 15 is 0 Å². The van der Waals surface area contributed by atoms with Crippen LogP contribution in [0, 0.1) is 5.92 Å². The molecule has 3 atom stereocenters. The second kappa shape index (κ2) is 10.3. The molecule has 1 aliphatic heterocycles. The van der Waals surface area contributed by atoms with Crippen LogP contribution in [0.3, 0.4) is 0 Å². The number of halogens is 5. The highest BCUT2D eigenvalue weighted by Gasteiger charge is 2.69. The topological polar surface area (TPSA) is 79.5 Å². The quantitative estimate of drug-likeness (QED) is 0.386. The molecule has 1 saturated heterocycles. The highest BCUT2D eigenvalue weighted by molar-refractivity contribution is 8.00. The highest BCUT2D eigenvalue weighted by Crippen LogP contribution is 2.60. The molecule has 3 N–H and O–H groups in total. The Morgan fingerprint density at radius 3 is 2.30 bits per heavy atom. The number of benzene rings is 1. The molecular formula is C25H30Cl2F3N3O3S. The molecule has 0 spiro atoms. The molecule has 37 heavy (non-hydrogen) atoms. The van der Waals surface area contributed by atoms with Crippen molar-refractivity contribution in [3.8, 4) is 5.75 Å². The number of thioether (sulfide) groups is 1. The average Bonchev–Trinajstić information content (AvgIpc) is 3.08. The molecule has 6 nitrogen and oxygen atoms in total. The van der Waals surface area contributed by atoms with Crippen molar-refractivity contribution in [2.75, 3.05) is 6.61 Å². The molecule has 4 saturated carbocycles. The zero-order valence-corrected chi connectivity index (χ0v) is 22.5. The summed E-state index contributed by atoms with van der Waals surface area (Å²) in [5.41, 5.74) is -0.871. The van der Waals surface area contributed by atoms with Crippen LogP contribution < -0.4 is 20.7 Å². The maximum absolute atomic E-state index is 13.5. The number of hydrogen-bond donors (Lipinski definition) is 3. The molecule has 5 aliphatic rings. The van der Waals surface area contributed by atoms with Gasteiger partial charge in [-0.15, -0.1) is 11.8 Å². The van der Waals surface area contributed by atoms with Gasteiger partial charge >= 0.3 is 6.18 Å². The van der Waals surface area contributed by atoms with Crippen molar-refractivity contribution in [2.45, 2.75) is 91.7 Å². The minimum Gasteiger partial charge on any atom is -0.484 e. The van der Waals surface area contributed by atoms with Gasteiger partial charge in [0, 0.05) is 22.4 Å². The van der Waals surface area contributed by atoms with Crippen molar-refractivity contribution in [3.05, 3.63) is 28.2 Å². The highest BCUT2D eigenvalue weighted by atomic mass is 35.5. The Hall–Kier alpha value is -1.36. The Morgan fingerprint density at radius 2 is 1.68 bits per heavy atom. The third-order valence-electron chi connectivity index (χ3n) is 7.98. The monoisotopic (exact) mass is 579 g/mol. The molecule has 3 unspecified atom stereocenters. The molecule has 12 heteroatoms. The number of carbonyl (C=O) groups excluding carboxylic acids is 2. The summed E-state index contributed by atoms with van der Waals surface area (Å²) in [7, 11) is 0. The van der Waals surface area contributed by atoms with Crippen LogP contribution in [-0.4, -0.2) is 52.3 Å². The van der Waals surface area contributed by atoms with Crippen molar-refractivity contribution < 1.29 is 27.5 Å². The van der Waals surface area contributed by atoms with Gasteiger partial charge in [0.05, 0.1) is 10.0 Å². The number of amides is 2. The number of hydrogen-bond acceptors (Lipinski definition) is 5. The Labute approximate surface area is 228 Å². The summed E-state index contributed by atoms with van der Waals surface area (Å²) in [6, 6.07) is 3.86. The number of alkyl halides is 3. The predicted octanol–water partition coefficient (Wildman–Crippen LogP) is 5.21. The van der Waals surface area contributed by atoms with Gasteiger partial charge in [-0.25, -0.2) is 0 Å². The van der Waals surface area contributed by atoms with Crippen molar-refractivity contribution >= 4 is 46.8 Å². The smallest absolute Gasteiger partial charge is 0.413 e. The Morgan fingerprint density at radius 1 is 1.03 bits per heavy atom. The lowest BCUT2D eigenvalue weighted by Crippen LogP contribution is -2.84. The first kappa shape index (κ1) is 27.2. The predicted molar refractivity (Wildman–Crippen MR) is 137 cm³/mol. The summed E-state index contributed by atoms with van der Waals surface area (Å²) < 4.78 is 46.1. The van der Waals surface area contributed by atoms with E-state index in [1.54, 1.807) is 12.1 Å². The fourth-order valence-corrected chi connectivity index (χ4v) is 8.23. The third-order valence-corrected chi connectivity index (χ3v) is 10.4. The van der Waals surface area contributed by atoms with Gasteiger partial charge in [-0.05, 0) is 50.2 Å². The number of carbonyl (C=O) groups is 2. The molecule has 0 aromatic heterocycles. The largest absolute Gasteiger partial charge is 0.484 e. The molecule has 1 aromatic rings. The molecule has 4 aliphatic carbocycles. The van der Waals surface area contributed by atoms with Gasteiger partial charge in [-0.2, -0.15) is 13.2 Å². The van der Waals surface area contributed by atoms with Crippen molar-refractivity contribution in [1.29, 1.82) is 0 Å². The standard InChI is InChI=1S/C25H30Cl2F3N3O3S/c26-16-8-7-15(9-17(16)27)36-10-18(34)32-23-11-24(12-23,13-23)33-21(35)19-20(14-5-3-1-2-4-6-14)37-22(31-19)25(28,29)30/h7-9,14,19-20,22,31H,1-6,10-13H2,(H,32,34)(H,33,35). The van der Waals surface area contributed by atoms with E-state index in [0.717, 1.165) is 50.3 Å². The molecule has 0 radical (unpaired) electrons. The van der Waals surface area contributed by atoms with Crippen LogP contribution in [0.15, 0.2) is 18.2 Å². The van der Waals surface area contributed by atoms with Crippen LogP contribution in [0.2, 0.25) is 10.0 Å². The van der Waals surface area contributed by atoms with Gasteiger partial charge in [0.1, 0.15) is 11.8 Å². The van der Waals surface area contributed by atoms with Gasteiger partial charge in [0.25, 0.3) is 5.91 Å². The molecule has 2 bridgehead atoms.